The molecule has 0 aliphatic rings. The SMILES string of the molecule is CC(C)(C)OC(=O)n1nc(N(Cc2ccc(F)cc2Cl)c2ccc(F)c(O)c2)cc1-c1ccccc1. The molecule has 0 spiro atoms. The Bertz CT molecular complexity index is 1400. The Morgan fingerprint density at radius 2 is 1.78 bits per heavy atom. The Morgan fingerprint density at radius 1 is 1.06 bits per heavy atom. The molecule has 0 aliphatic heterocycles. The van der Waals surface area contributed by atoms with Crippen LogP contribution in [0.1, 0.15) is 26.3 Å². The van der Waals surface area contributed by atoms with Gasteiger partial charge >= 0.3 is 6.09 Å². The largest absolute Gasteiger partial charge is 0.505 e. The quantitative estimate of drug-likeness (QED) is 0.304. The van der Waals surface area contributed by atoms with E-state index in [0.717, 1.165) is 10.7 Å². The first kappa shape index (κ1) is 25.2. The lowest BCUT2D eigenvalue weighted by Crippen LogP contribution is -2.28. The van der Waals surface area contributed by atoms with Gasteiger partial charge < -0.3 is 14.7 Å². The summed E-state index contributed by atoms with van der Waals surface area (Å²) in [6.45, 7) is 5.34. The Labute approximate surface area is 212 Å². The first-order valence-electron chi connectivity index (χ1n) is 11.1. The van der Waals surface area contributed by atoms with Crippen molar-refractivity contribution in [3.8, 4) is 17.0 Å². The number of anilines is 2. The highest BCUT2D eigenvalue weighted by Gasteiger charge is 2.25. The van der Waals surface area contributed by atoms with Crippen molar-refractivity contribution in [2.45, 2.75) is 32.9 Å². The third kappa shape index (κ3) is 5.66. The molecule has 36 heavy (non-hydrogen) atoms. The van der Waals surface area contributed by atoms with Gasteiger partial charge in [0.1, 0.15) is 11.4 Å². The molecule has 1 N–H and O–H groups in total. The molecule has 0 bridgehead atoms. The molecule has 4 rings (SSSR count). The van der Waals surface area contributed by atoms with E-state index in [0.29, 0.717) is 28.3 Å². The smallest absolute Gasteiger partial charge is 0.435 e. The molecule has 0 amide bonds. The Hall–Kier alpha value is -3.91. The van der Waals surface area contributed by atoms with Gasteiger partial charge in [0.25, 0.3) is 0 Å². The molecular weight excluding hydrogens is 488 g/mol. The van der Waals surface area contributed by atoms with E-state index >= 15 is 0 Å². The average molecular weight is 512 g/mol. The summed E-state index contributed by atoms with van der Waals surface area (Å²) >= 11 is 6.28. The minimum absolute atomic E-state index is 0.0871. The highest BCUT2D eigenvalue weighted by molar-refractivity contribution is 6.31. The van der Waals surface area contributed by atoms with E-state index in [2.05, 4.69) is 5.10 Å². The number of carbonyl (C=O) groups is 1. The second-order valence-electron chi connectivity index (χ2n) is 9.10. The van der Waals surface area contributed by atoms with E-state index in [1.807, 2.05) is 30.3 Å². The van der Waals surface area contributed by atoms with Crippen molar-refractivity contribution >= 4 is 29.2 Å². The fourth-order valence-corrected chi connectivity index (χ4v) is 3.78. The van der Waals surface area contributed by atoms with Crippen LogP contribution < -0.4 is 4.90 Å². The molecule has 1 heterocycles. The molecule has 0 aliphatic carbocycles. The molecule has 1 aromatic heterocycles. The van der Waals surface area contributed by atoms with Gasteiger partial charge in [-0.15, -0.1) is 5.10 Å². The Morgan fingerprint density at radius 3 is 2.42 bits per heavy atom. The van der Waals surface area contributed by atoms with Gasteiger partial charge in [-0.1, -0.05) is 48.0 Å². The highest BCUT2D eigenvalue weighted by Crippen LogP contribution is 2.34. The number of aromatic nitrogens is 2. The van der Waals surface area contributed by atoms with Gasteiger partial charge in [0.2, 0.25) is 0 Å². The molecule has 0 radical (unpaired) electrons. The van der Waals surface area contributed by atoms with Crippen molar-refractivity contribution in [1.29, 1.82) is 0 Å². The van der Waals surface area contributed by atoms with E-state index in [1.54, 1.807) is 31.7 Å². The summed E-state index contributed by atoms with van der Waals surface area (Å²) in [7, 11) is 0. The predicted molar refractivity (Wildman–Crippen MR) is 135 cm³/mol. The Kier molecular flexibility index (Phi) is 6.99. The van der Waals surface area contributed by atoms with E-state index in [-0.39, 0.29) is 11.6 Å². The van der Waals surface area contributed by atoms with Crippen molar-refractivity contribution in [1.82, 2.24) is 9.78 Å². The number of halogens is 3. The van der Waals surface area contributed by atoms with Crippen molar-refractivity contribution in [2.75, 3.05) is 4.90 Å². The van der Waals surface area contributed by atoms with E-state index in [9.17, 15) is 18.7 Å². The van der Waals surface area contributed by atoms with Crippen LogP contribution in [0.25, 0.3) is 11.3 Å². The van der Waals surface area contributed by atoms with Gasteiger partial charge in [0.05, 0.1) is 12.2 Å². The fraction of sp³-hybridized carbons (Fsp3) is 0.185. The van der Waals surface area contributed by atoms with Crippen molar-refractivity contribution in [2.24, 2.45) is 0 Å². The summed E-state index contributed by atoms with van der Waals surface area (Å²) in [6.07, 6.45) is -0.686. The van der Waals surface area contributed by atoms with Gasteiger partial charge in [0, 0.05) is 28.4 Å². The lowest BCUT2D eigenvalue weighted by Gasteiger charge is -2.23. The average Bonchev–Trinajstić information content (AvgIpc) is 3.25. The maximum atomic E-state index is 13.8. The van der Waals surface area contributed by atoms with Gasteiger partial charge in [-0.2, -0.15) is 4.68 Å². The minimum atomic E-state index is -0.789. The monoisotopic (exact) mass is 511 g/mol. The number of nitrogens with zero attached hydrogens (tertiary/aromatic N) is 3. The number of benzene rings is 3. The normalized spacial score (nSPS) is 11.4. The molecule has 0 atom stereocenters. The maximum absolute atomic E-state index is 13.8. The number of ether oxygens (including phenoxy) is 1. The van der Waals surface area contributed by atoms with Crippen LogP contribution in [0, 0.1) is 11.6 Å². The van der Waals surface area contributed by atoms with Crippen molar-refractivity contribution < 1.29 is 23.4 Å². The van der Waals surface area contributed by atoms with E-state index in [1.165, 1.54) is 30.3 Å². The predicted octanol–water partition coefficient (Wildman–Crippen LogP) is 7.31. The van der Waals surface area contributed by atoms with Crippen LogP contribution in [0.2, 0.25) is 5.02 Å². The second-order valence-corrected chi connectivity index (χ2v) is 9.51. The molecule has 0 saturated carbocycles. The Balaban J connectivity index is 1.87. The molecule has 4 aromatic rings. The number of hydrogen-bond donors (Lipinski definition) is 1. The third-order valence-electron chi connectivity index (χ3n) is 5.19. The van der Waals surface area contributed by atoms with Crippen LogP contribution in [0.5, 0.6) is 5.75 Å². The summed E-state index contributed by atoms with van der Waals surface area (Å²) in [5.41, 5.74) is 1.34. The van der Waals surface area contributed by atoms with Gasteiger partial charge in [-0.05, 0) is 50.6 Å². The van der Waals surface area contributed by atoms with Gasteiger partial charge in [0.15, 0.2) is 17.4 Å². The summed E-state index contributed by atoms with van der Waals surface area (Å²) < 4.78 is 34.2. The van der Waals surface area contributed by atoms with E-state index < -0.39 is 29.1 Å². The number of rotatable bonds is 5. The van der Waals surface area contributed by atoms with Crippen LogP contribution in [-0.4, -0.2) is 26.6 Å². The van der Waals surface area contributed by atoms with Crippen LogP contribution in [0.4, 0.5) is 25.1 Å². The lowest BCUT2D eigenvalue weighted by atomic mass is 10.1. The third-order valence-corrected chi connectivity index (χ3v) is 5.55. The molecule has 186 valence electrons. The summed E-state index contributed by atoms with van der Waals surface area (Å²) in [4.78, 5) is 14.7. The number of phenols is 1. The number of carbonyl (C=O) groups excluding carboxylic acids is 1. The van der Waals surface area contributed by atoms with Crippen molar-refractivity contribution in [3.63, 3.8) is 0 Å². The zero-order chi connectivity index (χ0) is 26.0. The lowest BCUT2D eigenvalue weighted by molar-refractivity contribution is 0.0518. The molecule has 6 nitrogen and oxygen atoms in total. The molecule has 0 saturated heterocycles. The molecule has 3 aromatic carbocycles. The molecule has 0 unspecified atom stereocenters. The van der Waals surface area contributed by atoms with Crippen LogP contribution >= 0.6 is 11.6 Å². The topological polar surface area (TPSA) is 67.6 Å². The highest BCUT2D eigenvalue weighted by atomic mass is 35.5. The van der Waals surface area contributed by atoms with Crippen LogP contribution in [0.3, 0.4) is 0 Å². The molecule has 9 heteroatoms. The van der Waals surface area contributed by atoms with Crippen LogP contribution in [-0.2, 0) is 11.3 Å². The fourth-order valence-electron chi connectivity index (χ4n) is 3.55. The van der Waals surface area contributed by atoms with E-state index in [4.69, 9.17) is 16.3 Å². The van der Waals surface area contributed by atoms with Crippen molar-refractivity contribution in [3.05, 3.63) is 95.0 Å². The zero-order valence-corrected chi connectivity index (χ0v) is 20.6. The summed E-state index contributed by atoms with van der Waals surface area (Å²) in [6, 6.07) is 18.6. The number of hydrogen-bond acceptors (Lipinski definition) is 5. The first-order chi connectivity index (χ1) is 17.0. The zero-order valence-electron chi connectivity index (χ0n) is 19.9. The molecule has 0 fully saturated rings. The standard InChI is InChI=1S/C27H24ClF2N3O3/c1-27(2,3)36-26(35)33-23(17-7-5-4-6-8-17)15-25(31-33)32(20-11-12-22(30)24(34)14-20)16-18-9-10-19(29)13-21(18)28/h4-15,34H,16H2,1-3H3. The first-order valence-corrected chi connectivity index (χ1v) is 11.5. The summed E-state index contributed by atoms with van der Waals surface area (Å²) in [5, 5.41) is 14.7. The summed E-state index contributed by atoms with van der Waals surface area (Å²) in [5.74, 6) is -1.54. The minimum Gasteiger partial charge on any atom is -0.505 e. The van der Waals surface area contributed by atoms with Gasteiger partial charge in [-0.25, -0.2) is 13.6 Å². The second kappa shape index (κ2) is 9.99. The van der Waals surface area contributed by atoms with Gasteiger partial charge in [-0.3, -0.25) is 0 Å². The number of phenolic OH excluding ortho intramolecular Hbond substituents is 1. The van der Waals surface area contributed by atoms with Crippen LogP contribution in [0.15, 0.2) is 72.8 Å². The molecular formula is C27H24ClF2N3O3. The maximum Gasteiger partial charge on any atom is 0.435 e. The number of aromatic hydroxyl groups is 1.